The molecule has 6 aromatic heterocycles. The second-order valence-corrected chi connectivity index (χ2v) is 46.1. The number of allylic oxidation sites excluding steroid dienone is 6. The van der Waals surface area contributed by atoms with Crippen LogP contribution in [0, 0.1) is 47.9 Å². The Morgan fingerprint density at radius 2 is 0.577 bits per heavy atom. The van der Waals surface area contributed by atoms with Crippen molar-refractivity contribution in [2.24, 2.45) is 35.5 Å². The van der Waals surface area contributed by atoms with E-state index in [1.54, 1.807) is 60.7 Å². The van der Waals surface area contributed by atoms with E-state index in [1.165, 1.54) is 45.6 Å². The predicted octanol–water partition coefficient (Wildman–Crippen LogP) is 8.53. The Bertz CT molecular complexity index is 5110. The van der Waals surface area contributed by atoms with E-state index in [0.29, 0.717) is 50.0 Å². The number of thioether (sulfide) groups is 6. The Labute approximate surface area is 866 Å². The summed E-state index contributed by atoms with van der Waals surface area (Å²) in [5.74, 6) is 16.6. The number of nitrogens with two attached hydrogens (primary N) is 6. The van der Waals surface area contributed by atoms with Crippen molar-refractivity contribution in [1.29, 1.82) is 0 Å². The van der Waals surface area contributed by atoms with Crippen LogP contribution >= 0.6 is 70.6 Å². The van der Waals surface area contributed by atoms with Gasteiger partial charge in [-0.15, -0.1) is 12.3 Å². The fourth-order valence-corrected chi connectivity index (χ4v) is 27.1. The maximum atomic E-state index is 10.4. The van der Waals surface area contributed by atoms with Gasteiger partial charge in [-0.25, -0.2) is 0 Å². The fourth-order valence-electron chi connectivity index (χ4n) is 20.6. The molecule has 0 spiro atoms. The summed E-state index contributed by atoms with van der Waals surface area (Å²) in [5, 5.41) is 97.0. The van der Waals surface area contributed by atoms with Crippen LogP contribution in [0.2, 0.25) is 0 Å². The van der Waals surface area contributed by atoms with E-state index in [9.17, 15) is 30.6 Å². The highest BCUT2D eigenvalue weighted by molar-refractivity contribution is 8.00. The molecule has 6 saturated heterocycles. The number of aliphatic hydroxyl groups excluding tert-OH is 10. The van der Waals surface area contributed by atoms with Gasteiger partial charge in [-0.2, -0.15) is 70.6 Å². The van der Waals surface area contributed by atoms with Crippen LogP contribution in [0.15, 0.2) is 110 Å². The Balaban J connectivity index is 0.000000143. The first-order chi connectivity index (χ1) is 69.1. The van der Waals surface area contributed by atoms with Gasteiger partial charge in [0.25, 0.3) is 0 Å². The molecule has 35 heteroatoms. The van der Waals surface area contributed by atoms with Gasteiger partial charge in [0.05, 0.1) is 97.2 Å². The molecule has 29 nitrogen and oxygen atoms in total. The Morgan fingerprint density at radius 1 is 0.310 bits per heavy atom. The largest absolute Gasteiger partial charge is 0.398 e. The van der Waals surface area contributed by atoms with Crippen LogP contribution in [-0.2, 0) is 43.3 Å². The first-order valence-electron chi connectivity index (χ1n) is 51.0. The van der Waals surface area contributed by atoms with Crippen LogP contribution in [0.3, 0.4) is 0 Å². The summed E-state index contributed by atoms with van der Waals surface area (Å²) >= 11 is 11.2. The van der Waals surface area contributed by atoms with Crippen molar-refractivity contribution < 1.29 is 55.8 Å². The maximum absolute atomic E-state index is 10.4. The van der Waals surface area contributed by atoms with Gasteiger partial charge in [0.15, 0.2) is 0 Å². The summed E-state index contributed by atoms with van der Waals surface area (Å²) in [6.07, 6.45) is 41.2. The lowest BCUT2D eigenvalue weighted by atomic mass is 10.0. The van der Waals surface area contributed by atoms with Crippen molar-refractivity contribution in [2.75, 3.05) is 261 Å². The van der Waals surface area contributed by atoms with Crippen molar-refractivity contribution in [2.45, 2.75) is 133 Å². The number of pyridine rings is 6. The van der Waals surface area contributed by atoms with Crippen molar-refractivity contribution in [3.63, 3.8) is 0 Å². The molecule has 0 bridgehead atoms. The maximum Gasteiger partial charge on any atom is 0.0727 e. The molecule has 12 heterocycles. The second kappa shape index (κ2) is 58.8. The van der Waals surface area contributed by atoms with Gasteiger partial charge < -0.3 is 90.2 Å². The van der Waals surface area contributed by atoms with Crippen LogP contribution in [0.5, 0.6) is 0 Å². The van der Waals surface area contributed by atoms with E-state index >= 15 is 0 Å². The van der Waals surface area contributed by atoms with Gasteiger partial charge in [-0.05, 0) is 217 Å². The molecule has 18 rings (SSSR count). The summed E-state index contributed by atoms with van der Waals surface area (Å²) in [5.41, 5.74) is 61.6. The number of aromatic nitrogens is 6. The minimum absolute atomic E-state index is 0.0699. The number of nitrogen functional groups attached to an aromatic ring is 6. The highest BCUT2D eigenvalue weighted by Crippen LogP contribution is 2.40. The van der Waals surface area contributed by atoms with Crippen LogP contribution in [0.1, 0.15) is 126 Å². The van der Waals surface area contributed by atoms with Gasteiger partial charge in [0, 0.05) is 283 Å². The average molecular weight is 2060 g/mol. The number of ether oxygens (including phenoxy) is 1. The monoisotopic (exact) mass is 2060 g/mol. The number of fused-ring (bicyclic) bond motifs is 6. The SMILES string of the molecule is C#CCCCCSC[C@H]1CN(CC2=CCc3c(N)ccnc32)CC1O.CCCSCC[C@H]1CN(CC2=CCc3c(N)ccnc32)CC1O.Nc1ccnc2c1CC=C2CN1CC(O)[C@@H](CSCCCCO)C1.Nc1ccnc2c1CC=C2CN1CC(O)[C@@H](CSCCCO)C1.Nc1ccnc2c1CC=C2CN1CC(O)[C@@H](CSCCO)C1.Nc1ccnc2c1CC=C2CN1CC(O)[C@@H](CSCCOCCO)C1. The van der Waals surface area contributed by atoms with Gasteiger partial charge in [0.2, 0.25) is 0 Å². The summed E-state index contributed by atoms with van der Waals surface area (Å²) < 4.78 is 5.26. The molecular formula is C107H156N18O11S6. The van der Waals surface area contributed by atoms with Crippen LogP contribution in [0.25, 0.3) is 33.4 Å². The van der Waals surface area contributed by atoms with E-state index in [0.717, 1.165) is 353 Å². The zero-order valence-corrected chi connectivity index (χ0v) is 87.8. The van der Waals surface area contributed by atoms with Crippen molar-refractivity contribution in [3.05, 3.63) is 178 Å². The third-order valence-corrected chi connectivity index (χ3v) is 35.6. The number of nitrogens with zero attached hydrogens (tertiary/aromatic N) is 12. The molecule has 0 radical (unpaired) electrons. The van der Waals surface area contributed by atoms with E-state index in [4.69, 9.17) is 66.0 Å². The molecule has 6 aromatic rings. The first kappa shape index (κ1) is 112. The zero-order chi connectivity index (χ0) is 100. The molecular weight excluding hydrogens is 1910 g/mol. The number of unbranched alkanes of at least 4 members (excludes halogenated alkanes) is 3. The molecule has 0 saturated carbocycles. The highest BCUT2D eigenvalue weighted by Gasteiger charge is 2.40. The number of likely N-dealkylation sites (tertiary alicyclic amines) is 6. The van der Waals surface area contributed by atoms with E-state index in [1.807, 2.05) is 83.4 Å². The third-order valence-electron chi connectivity index (χ3n) is 28.4. The zero-order valence-electron chi connectivity index (χ0n) is 82.9. The van der Waals surface area contributed by atoms with Crippen LogP contribution < -0.4 is 34.4 Å². The fraction of sp³-hybridized carbons (Fsp3) is 0.589. The smallest absolute Gasteiger partial charge is 0.0727 e. The number of terminal acetylenes is 1. The Morgan fingerprint density at radius 3 is 0.852 bits per heavy atom. The van der Waals surface area contributed by atoms with Gasteiger partial charge in [-0.3, -0.25) is 59.3 Å². The molecule has 0 aromatic carbocycles. The summed E-state index contributed by atoms with van der Waals surface area (Å²) in [4.78, 5) is 40.9. The normalized spacial score (nSPS) is 23.6. The Hall–Kier alpha value is -6.88. The number of rotatable bonds is 45. The highest BCUT2D eigenvalue weighted by atomic mass is 32.2. The topological polar surface area (TPSA) is 464 Å². The molecule has 6 fully saturated rings. The molecule has 6 unspecified atom stereocenters. The van der Waals surface area contributed by atoms with E-state index in [2.05, 4.69) is 109 Å². The number of hydrogen-bond donors (Lipinski definition) is 16. The predicted molar refractivity (Wildman–Crippen MR) is 592 cm³/mol. The van der Waals surface area contributed by atoms with Gasteiger partial charge in [0.1, 0.15) is 0 Å². The molecule has 0 amide bonds. The van der Waals surface area contributed by atoms with Crippen molar-refractivity contribution in [1.82, 2.24) is 59.3 Å². The summed E-state index contributed by atoms with van der Waals surface area (Å²) in [6, 6.07) is 11.2. The van der Waals surface area contributed by atoms with Crippen LogP contribution in [0.4, 0.5) is 34.1 Å². The van der Waals surface area contributed by atoms with Crippen molar-refractivity contribution in [3.8, 4) is 12.3 Å². The minimum Gasteiger partial charge on any atom is -0.398 e. The Kier molecular flexibility index (Phi) is 46.5. The third kappa shape index (κ3) is 32.6. The average Bonchev–Trinajstić information content (AvgIpc) is 1.68. The molecule has 776 valence electrons. The van der Waals surface area contributed by atoms with E-state index in [-0.39, 0.29) is 74.9 Å². The molecule has 6 aliphatic heterocycles. The lowest BCUT2D eigenvalue weighted by Gasteiger charge is -2.17. The van der Waals surface area contributed by atoms with Gasteiger partial charge in [-0.1, -0.05) is 43.4 Å². The molecule has 12 atom stereocenters. The lowest BCUT2D eigenvalue weighted by Crippen LogP contribution is -2.24. The summed E-state index contributed by atoms with van der Waals surface area (Å²) in [7, 11) is 0. The quantitative estimate of drug-likeness (QED) is 0.0126. The van der Waals surface area contributed by atoms with E-state index < -0.39 is 0 Å². The molecule has 12 aliphatic rings. The molecule has 6 aliphatic carbocycles. The number of hydrogen-bond acceptors (Lipinski definition) is 35. The number of aliphatic hydroxyl groups is 10. The lowest BCUT2D eigenvalue weighted by molar-refractivity contribution is 0.103. The van der Waals surface area contributed by atoms with Gasteiger partial charge >= 0.3 is 0 Å². The number of β-amino-alcohol motifs (C(OH)–C–C–N with tert-alkyl or cyclic N) is 6. The minimum atomic E-state index is -0.277. The molecule has 22 N–H and O–H groups in total. The van der Waals surface area contributed by atoms with Crippen molar-refractivity contribution >= 4 is 138 Å². The first-order valence-corrected chi connectivity index (χ1v) is 58.0. The second-order valence-electron chi connectivity index (χ2n) is 39.1. The molecule has 142 heavy (non-hydrogen) atoms. The van der Waals surface area contributed by atoms with Crippen LogP contribution in [-0.4, -0.2) is 373 Å². The standard InChI is InChI=1S/C20H27N3OS.C18H27N3O3S.C18H27N3O2S.C18H27N3OS.C17H25N3O2S.C16H23N3O2S/c1-2-3-4-5-10-25-14-16-12-23(13-19(16)24)11-15-6-7-17-18(21)8-9-22-20(15)17;19-16-3-4-20-18-13(1-2-15(16)18)9-21-10-14(17(23)11-21)12-25-8-7-24-6-5-22;19-16-5-6-20-18-13(3-4-15(16)18)9-21-10-14(17(23)11-21)12-24-8-2-1-7-22;1-2-8-23-9-6-13-10-21(12-17(13)22)11-14-3-4-15-16(19)5-7-20-18(14)15;18-15-4-5-19-17-12(2-3-14(15)17)8-20-9-13(16(22)10-20)11-23-7-1-6-21;17-14-3-4-18-16-11(1-2-13(14)16)7-19-8-12(15(21)9-19)10-22-6-5-20/h1,6,8-9,16,19,24H,3-5,7,10-14H2,(H2,21,22);1,3-4,14,17,22-23H,2,5-12H2,(H2,19,20);3,5-6,14,17,22-23H,1-2,4,7-12H2,(H2,19,20);3,5,7,13,17,22H,2,4,6,8-12H2,1H3,(H2,19,20);2,4-5,13,16,21-22H,1,3,6-11H2,(H2,18,19);1,3-4,12,15,20-21H,2,5-10H2,(H2,17,18)/t16-,19?;2*14-,17?;13-,17?;13-,16?;12-,15?/m111011/s1. The number of anilines is 6. The summed E-state index contributed by atoms with van der Waals surface area (Å²) in [6.45, 7) is 19.1.